The Kier molecular flexibility index (Phi) is 20.8. The highest BCUT2D eigenvalue weighted by Crippen LogP contribution is 2.38. The summed E-state index contributed by atoms with van der Waals surface area (Å²) in [4.78, 5) is 60.5. The van der Waals surface area contributed by atoms with E-state index in [0.717, 1.165) is 67.2 Å². The topological polar surface area (TPSA) is 240 Å². The van der Waals surface area contributed by atoms with Crippen LogP contribution in [-0.2, 0) is 63.9 Å². The lowest BCUT2D eigenvalue weighted by atomic mass is 9.78. The number of amides is 4. The Labute approximate surface area is 517 Å². The van der Waals surface area contributed by atoms with Crippen LogP contribution in [0, 0.1) is 0 Å². The fourth-order valence-corrected chi connectivity index (χ4v) is 10.1. The molecule has 7 heterocycles. The first-order valence-electron chi connectivity index (χ1n) is 27.9. The molecule has 86 heavy (non-hydrogen) atoms. The molecule has 18 nitrogen and oxygen atoms in total. The minimum atomic E-state index is -0.520. The molecule has 4 amide bonds. The van der Waals surface area contributed by atoms with Gasteiger partial charge in [0, 0.05) is 66.0 Å². The largest absolute Gasteiger partial charge is 0.494 e. The van der Waals surface area contributed by atoms with E-state index in [2.05, 4.69) is 36.5 Å². The first-order chi connectivity index (χ1) is 41.2. The summed E-state index contributed by atoms with van der Waals surface area (Å²) >= 11 is 16.4. The van der Waals surface area contributed by atoms with Gasteiger partial charge < -0.3 is 59.5 Å². The maximum atomic E-state index is 12.5. The Morgan fingerprint density at radius 1 is 0.593 bits per heavy atom. The van der Waals surface area contributed by atoms with Gasteiger partial charge in [-0.25, -0.2) is 9.97 Å². The highest BCUT2D eigenvalue weighted by molar-refractivity contribution is 9.10. The van der Waals surface area contributed by atoms with E-state index in [0.29, 0.717) is 96.7 Å². The third kappa shape index (κ3) is 17.0. The molecule has 0 saturated carbocycles. The van der Waals surface area contributed by atoms with Crippen molar-refractivity contribution in [3.8, 4) is 11.1 Å². The van der Waals surface area contributed by atoms with Crippen molar-refractivity contribution in [2.24, 2.45) is 0 Å². The minimum absolute atomic E-state index is 0.112. The lowest BCUT2D eigenvalue weighted by Crippen LogP contribution is -2.41. The van der Waals surface area contributed by atoms with Crippen LogP contribution in [0.15, 0.2) is 147 Å². The second kappa shape index (κ2) is 28.6. The van der Waals surface area contributed by atoms with E-state index in [1.807, 2.05) is 116 Å². The van der Waals surface area contributed by atoms with Crippen molar-refractivity contribution < 1.29 is 46.8 Å². The number of rotatable bonds is 14. The number of anilines is 2. The molecule has 6 N–H and O–H groups in total. The number of halogens is 3. The van der Waals surface area contributed by atoms with Gasteiger partial charge in [0.05, 0.1) is 73.6 Å². The number of fused-ring (bicyclic) bond motifs is 2. The zero-order valence-electron chi connectivity index (χ0n) is 48.1. The Morgan fingerprint density at radius 2 is 1.03 bits per heavy atom. The number of nitrogens with two attached hydrogens (primary N) is 2. The van der Waals surface area contributed by atoms with Gasteiger partial charge in [0.15, 0.2) is 11.2 Å². The number of furan rings is 2. The molecule has 8 aromatic rings. The Hall–Kier alpha value is -7.82. The molecule has 0 atom stereocenters. The zero-order valence-corrected chi connectivity index (χ0v) is 51.2. The van der Waals surface area contributed by atoms with Crippen molar-refractivity contribution in [2.75, 3.05) is 64.1 Å². The van der Waals surface area contributed by atoms with Crippen molar-refractivity contribution in [1.82, 2.24) is 30.4 Å². The van der Waals surface area contributed by atoms with Gasteiger partial charge in [-0.2, -0.15) is 0 Å². The summed E-state index contributed by atoms with van der Waals surface area (Å²) in [7, 11) is -0.520. The molecule has 446 valence electrons. The van der Waals surface area contributed by atoms with Gasteiger partial charge in [0.25, 0.3) is 0 Å². The standard InChI is InChI=1S/C29H27ClN4O4.C23H25BClN3O4.C12H14BrNO2/c30-25-16-22(21-5-1-19(2-6-21)13-28(36)34-9-11-37-12-10-34)14-23-15-24(38-29(23)25)18-33-27(35)8-4-20-3-7-26(31)32-17-20;1-22(2)23(3,4)32-24(31-22)16-9-15-10-17(30-21(15)18(25)11-16)13-28-20(29)8-6-14-5-7-19(26)27-12-14;13-11-3-1-10(2-4-11)9-12(15)14-5-7-16-8-6-14/h1-8,14-17H,9-13,18H2,(H2,31,32)(H,33,35);5-12H,13H2,1-4H3,(H2,26,27)(H,28,29);1-4H,5-9H2/b8-4+;8-6+;. The maximum Gasteiger partial charge on any atom is 0.494 e. The molecular weight excluding hydrogens is 1200 g/mol. The Morgan fingerprint density at radius 3 is 1.49 bits per heavy atom. The summed E-state index contributed by atoms with van der Waals surface area (Å²) in [5.74, 6) is 1.80. The summed E-state index contributed by atoms with van der Waals surface area (Å²) in [5.41, 5.74) is 17.7. The van der Waals surface area contributed by atoms with E-state index in [1.54, 1.807) is 54.9 Å². The molecule has 3 aliphatic rings. The molecule has 0 bridgehead atoms. The summed E-state index contributed by atoms with van der Waals surface area (Å²) in [5, 5.41) is 8.20. The number of nitrogen functional groups attached to an aromatic ring is 2. The molecule has 3 saturated heterocycles. The van der Waals surface area contributed by atoms with E-state index in [-0.39, 0.29) is 36.7 Å². The van der Waals surface area contributed by atoms with Crippen LogP contribution in [0.2, 0.25) is 10.0 Å². The van der Waals surface area contributed by atoms with Crippen LogP contribution in [0.5, 0.6) is 0 Å². The highest BCUT2D eigenvalue weighted by Gasteiger charge is 2.52. The number of ether oxygens (including phenoxy) is 2. The van der Waals surface area contributed by atoms with E-state index in [9.17, 15) is 19.2 Å². The van der Waals surface area contributed by atoms with Crippen molar-refractivity contribution >= 4 is 121 Å². The van der Waals surface area contributed by atoms with Crippen LogP contribution in [0.4, 0.5) is 11.6 Å². The van der Waals surface area contributed by atoms with Crippen LogP contribution in [-0.4, -0.2) is 114 Å². The van der Waals surface area contributed by atoms with Crippen molar-refractivity contribution in [3.63, 3.8) is 0 Å². The lowest BCUT2D eigenvalue weighted by Gasteiger charge is -2.32. The van der Waals surface area contributed by atoms with Crippen molar-refractivity contribution in [1.29, 1.82) is 0 Å². The number of pyridine rings is 2. The summed E-state index contributed by atoms with van der Waals surface area (Å²) in [6, 6.07) is 34.0. The van der Waals surface area contributed by atoms with Gasteiger partial charge in [0.1, 0.15) is 23.2 Å². The molecule has 0 aliphatic carbocycles. The smallest absolute Gasteiger partial charge is 0.458 e. The predicted molar refractivity (Wildman–Crippen MR) is 339 cm³/mol. The fraction of sp³-hybridized carbons (Fsp3) is 0.281. The molecule has 0 spiro atoms. The van der Waals surface area contributed by atoms with Crippen molar-refractivity contribution in [3.05, 3.63) is 182 Å². The van der Waals surface area contributed by atoms with Crippen LogP contribution in [0.3, 0.4) is 0 Å². The van der Waals surface area contributed by atoms with Gasteiger partial charge in [-0.1, -0.05) is 81.6 Å². The van der Waals surface area contributed by atoms with E-state index in [1.165, 1.54) is 12.2 Å². The molecule has 0 unspecified atom stereocenters. The average Bonchev–Trinajstić information content (AvgIpc) is 1.87. The van der Waals surface area contributed by atoms with E-state index >= 15 is 0 Å². The van der Waals surface area contributed by atoms with E-state index < -0.39 is 18.3 Å². The normalized spacial score (nSPS) is 15.5. The number of benzene rings is 4. The number of morpholine rings is 2. The third-order valence-corrected chi connectivity index (χ3v) is 15.9. The molecular formula is C64H66BBrCl2N8O10. The molecule has 3 aliphatic heterocycles. The highest BCUT2D eigenvalue weighted by atomic mass is 79.9. The summed E-state index contributed by atoms with van der Waals surface area (Å²) in [6.07, 6.45) is 10.2. The number of hydrogen-bond donors (Lipinski definition) is 4. The third-order valence-electron chi connectivity index (χ3n) is 14.8. The molecule has 4 aromatic carbocycles. The first-order valence-corrected chi connectivity index (χ1v) is 29.5. The number of aromatic nitrogens is 2. The van der Waals surface area contributed by atoms with Gasteiger partial charge in [-0.05, 0) is 145 Å². The zero-order chi connectivity index (χ0) is 61.0. The SMILES string of the molecule is CC1(C)OB(c2cc(Cl)c3oc(CNC(=O)/C=C/c4ccc(N)nc4)cc3c2)OC1(C)C.Nc1ccc(/C=C/C(=O)NCc2cc3cc(-c4ccc(CC(=O)N5CCOCC5)cc4)cc(Cl)c3o2)cn1.O=C(Cc1ccc(Br)cc1)N1CCOCC1. The van der Waals surface area contributed by atoms with E-state index in [4.69, 9.17) is 62.3 Å². The number of hydrogen-bond acceptors (Lipinski definition) is 14. The molecule has 11 rings (SSSR count). The molecule has 3 fully saturated rings. The van der Waals surface area contributed by atoms with Gasteiger partial charge in [0.2, 0.25) is 23.6 Å². The Balaban J connectivity index is 0.000000166. The molecule has 4 aromatic heterocycles. The van der Waals surface area contributed by atoms with Gasteiger partial charge >= 0.3 is 7.12 Å². The van der Waals surface area contributed by atoms with Crippen LogP contribution < -0.4 is 27.6 Å². The average molecular weight is 1270 g/mol. The van der Waals surface area contributed by atoms with Crippen molar-refractivity contribution in [2.45, 2.75) is 64.8 Å². The maximum absolute atomic E-state index is 12.5. The second-order valence-corrected chi connectivity index (χ2v) is 23.3. The Bertz CT molecular complexity index is 3720. The number of nitrogens with one attached hydrogen (secondary N) is 2. The molecule has 22 heteroatoms. The fourth-order valence-electron chi connectivity index (χ4n) is 9.26. The second-order valence-electron chi connectivity index (χ2n) is 21.6. The monoisotopic (exact) mass is 1270 g/mol. The predicted octanol–water partition coefficient (Wildman–Crippen LogP) is 10.0. The lowest BCUT2D eigenvalue weighted by molar-refractivity contribution is -0.135. The number of carbonyl (C=O) groups is 4. The van der Waals surface area contributed by atoms with Crippen LogP contribution >= 0.6 is 39.1 Å². The summed E-state index contributed by atoms with van der Waals surface area (Å²) < 4.78 is 35.6. The van der Waals surface area contributed by atoms with Gasteiger partial charge in [-0.3, -0.25) is 19.2 Å². The first kappa shape index (κ1) is 62.7. The van der Waals surface area contributed by atoms with Crippen LogP contribution in [0.1, 0.15) is 61.5 Å². The quantitative estimate of drug-likeness (QED) is 0.0585. The van der Waals surface area contributed by atoms with Crippen LogP contribution in [0.25, 0.3) is 45.2 Å². The molecule has 0 radical (unpaired) electrons. The van der Waals surface area contributed by atoms with Gasteiger partial charge in [-0.15, -0.1) is 0 Å². The number of nitrogens with zero attached hydrogens (tertiary/aromatic N) is 4. The minimum Gasteiger partial charge on any atom is -0.458 e. The number of carbonyl (C=O) groups excluding carboxylic acids is 4. The summed E-state index contributed by atoms with van der Waals surface area (Å²) in [6.45, 7) is 13.7.